The smallest absolute Gasteiger partial charge is 0.316 e. The van der Waals surface area contributed by atoms with Crippen molar-refractivity contribution in [1.82, 2.24) is 5.16 Å². The number of nitrogens with zero attached hydrogens (tertiary/aromatic N) is 1. The van der Waals surface area contributed by atoms with Gasteiger partial charge in [-0.05, 0) is 45.0 Å². The van der Waals surface area contributed by atoms with Crippen molar-refractivity contribution in [2.45, 2.75) is 32.1 Å². The van der Waals surface area contributed by atoms with Crippen molar-refractivity contribution in [2.24, 2.45) is 0 Å². The highest BCUT2D eigenvalue weighted by Crippen LogP contribution is 2.15. The van der Waals surface area contributed by atoms with Crippen LogP contribution in [0.2, 0.25) is 0 Å². The number of esters is 1. The summed E-state index contributed by atoms with van der Waals surface area (Å²) in [6, 6.07) is 6.55. The van der Waals surface area contributed by atoms with Crippen LogP contribution in [0.1, 0.15) is 30.0 Å². The van der Waals surface area contributed by atoms with Crippen LogP contribution in [0.25, 0.3) is 0 Å². The number of hydrogen-bond donors (Lipinski definition) is 1. The molecule has 1 aromatic heterocycles. The van der Waals surface area contributed by atoms with Gasteiger partial charge in [0.1, 0.15) is 11.6 Å². The SMILES string of the molecule is Cc1cc(NC(=O)[C@H](C)SCC(=O)O[C@H](C)C(=O)c2ccc(F)cc2)no1. The second-order valence-electron chi connectivity index (χ2n) is 5.77. The Hall–Kier alpha value is -2.68. The van der Waals surface area contributed by atoms with Crippen LogP contribution in [0.15, 0.2) is 34.9 Å². The summed E-state index contributed by atoms with van der Waals surface area (Å²) in [5.41, 5.74) is 0.250. The van der Waals surface area contributed by atoms with Crippen LogP contribution in [-0.2, 0) is 14.3 Å². The summed E-state index contributed by atoms with van der Waals surface area (Å²) in [5, 5.41) is 5.68. The normalized spacial score (nSPS) is 12.9. The lowest BCUT2D eigenvalue weighted by atomic mass is 10.1. The van der Waals surface area contributed by atoms with Gasteiger partial charge in [0.2, 0.25) is 11.7 Å². The number of carbonyl (C=O) groups is 3. The number of amides is 1. The highest BCUT2D eigenvalue weighted by atomic mass is 32.2. The molecule has 0 saturated heterocycles. The molecule has 27 heavy (non-hydrogen) atoms. The second-order valence-corrected chi connectivity index (χ2v) is 7.10. The minimum Gasteiger partial charge on any atom is -0.454 e. The number of halogens is 1. The first-order valence-electron chi connectivity index (χ1n) is 8.11. The zero-order valence-corrected chi connectivity index (χ0v) is 15.8. The third kappa shape index (κ3) is 6.21. The number of aryl methyl sites for hydroxylation is 1. The molecule has 0 aliphatic heterocycles. The molecule has 0 bridgehead atoms. The standard InChI is InChI=1S/C18H19FN2O5S/c1-10-8-15(21-26-10)20-18(24)12(3)27-9-16(22)25-11(2)17(23)13-4-6-14(19)7-5-13/h4-8,11-12H,9H2,1-3H3,(H,20,21,24)/t11-,12+/m1/s1. The molecule has 0 fully saturated rings. The summed E-state index contributed by atoms with van der Waals surface area (Å²) < 4.78 is 22.8. The van der Waals surface area contributed by atoms with E-state index in [0.717, 1.165) is 23.9 Å². The molecule has 0 saturated carbocycles. The molecule has 2 aromatic rings. The maximum Gasteiger partial charge on any atom is 0.316 e. The van der Waals surface area contributed by atoms with Gasteiger partial charge < -0.3 is 14.6 Å². The van der Waals surface area contributed by atoms with E-state index < -0.39 is 28.9 Å². The molecule has 0 unspecified atom stereocenters. The molecule has 9 heteroatoms. The van der Waals surface area contributed by atoms with Crippen molar-refractivity contribution in [3.8, 4) is 0 Å². The Balaban J connectivity index is 1.78. The van der Waals surface area contributed by atoms with Crippen molar-refractivity contribution in [3.05, 3.63) is 47.5 Å². The van der Waals surface area contributed by atoms with Crippen molar-refractivity contribution < 1.29 is 28.0 Å². The number of rotatable bonds is 8. The summed E-state index contributed by atoms with van der Waals surface area (Å²) >= 11 is 1.06. The molecule has 144 valence electrons. The van der Waals surface area contributed by atoms with E-state index in [0.29, 0.717) is 11.6 Å². The maximum absolute atomic E-state index is 12.9. The fourth-order valence-electron chi connectivity index (χ4n) is 2.06. The van der Waals surface area contributed by atoms with Gasteiger partial charge in [-0.1, -0.05) is 5.16 Å². The fraction of sp³-hybridized carbons (Fsp3) is 0.333. The van der Waals surface area contributed by atoms with Crippen LogP contribution < -0.4 is 5.32 Å². The van der Waals surface area contributed by atoms with Gasteiger partial charge >= 0.3 is 5.97 Å². The maximum atomic E-state index is 12.9. The van der Waals surface area contributed by atoms with Gasteiger partial charge in [0.05, 0.1) is 11.0 Å². The number of anilines is 1. The van der Waals surface area contributed by atoms with Crippen LogP contribution in [0.4, 0.5) is 10.2 Å². The molecule has 0 radical (unpaired) electrons. The predicted octanol–water partition coefficient (Wildman–Crippen LogP) is 3.00. The minimum absolute atomic E-state index is 0.104. The van der Waals surface area contributed by atoms with E-state index in [9.17, 15) is 18.8 Å². The third-order valence-electron chi connectivity index (χ3n) is 3.51. The average Bonchev–Trinajstić information content (AvgIpc) is 3.04. The number of nitrogens with one attached hydrogen (secondary N) is 1. The molecule has 1 heterocycles. The lowest BCUT2D eigenvalue weighted by Crippen LogP contribution is -2.27. The largest absolute Gasteiger partial charge is 0.454 e. The van der Waals surface area contributed by atoms with E-state index in [1.807, 2.05) is 0 Å². The molecular weight excluding hydrogens is 375 g/mol. The van der Waals surface area contributed by atoms with E-state index in [1.54, 1.807) is 19.9 Å². The number of carbonyl (C=O) groups excluding carboxylic acids is 3. The Kier molecular flexibility index (Phi) is 7.12. The van der Waals surface area contributed by atoms with Crippen LogP contribution in [-0.4, -0.2) is 39.9 Å². The average molecular weight is 394 g/mol. The summed E-state index contributed by atoms with van der Waals surface area (Å²) in [4.78, 5) is 36.1. The van der Waals surface area contributed by atoms with Gasteiger partial charge in [0, 0.05) is 11.6 Å². The quantitative estimate of drug-likeness (QED) is 0.543. The zero-order valence-electron chi connectivity index (χ0n) is 15.0. The lowest BCUT2D eigenvalue weighted by Gasteiger charge is -2.14. The molecule has 2 rings (SSSR count). The number of aromatic nitrogens is 1. The first kappa shape index (κ1) is 20.6. The van der Waals surface area contributed by atoms with Crippen molar-refractivity contribution in [2.75, 3.05) is 11.1 Å². The topological polar surface area (TPSA) is 98.5 Å². The molecule has 1 N–H and O–H groups in total. The first-order valence-corrected chi connectivity index (χ1v) is 9.16. The molecule has 0 spiro atoms. The molecule has 0 aliphatic rings. The summed E-state index contributed by atoms with van der Waals surface area (Å²) in [6.45, 7) is 4.77. The van der Waals surface area contributed by atoms with Crippen molar-refractivity contribution in [1.29, 1.82) is 0 Å². The number of Topliss-reactive ketones (excluding diaryl/α,β-unsaturated/α-hetero) is 1. The first-order chi connectivity index (χ1) is 12.8. The number of ether oxygens (including phenoxy) is 1. The monoisotopic (exact) mass is 394 g/mol. The van der Waals surface area contributed by atoms with Crippen LogP contribution in [0.3, 0.4) is 0 Å². The third-order valence-corrected chi connectivity index (χ3v) is 4.62. The van der Waals surface area contributed by atoms with Gasteiger partial charge in [0.25, 0.3) is 0 Å². The number of hydrogen-bond acceptors (Lipinski definition) is 7. The van der Waals surface area contributed by atoms with Gasteiger partial charge in [-0.3, -0.25) is 14.4 Å². The highest BCUT2D eigenvalue weighted by Gasteiger charge is 2.22. The number of benzene rings is 1. The molecule has 7 nitrogen and oxygen atoms in total. The van der Waals surface area contributed by atoms with Crippen molar-refractivity contribution >= 4 is 35.2 Å². The Labute approximate surface area is 159 Å². The summed E-state index contributed by atoms with van der Waals surface area (Å²) in [5.74, 6) is -1.09. The Bertz CT molecular complexity index is 821. The number of ketones is 1. The van der Waals surface area contributed by atoms with Gasteiger partial charge in [-0.25, -0.2) is 4.39 Å². The molecule has 2 atom stereocenters. The minimum atomic E-state index is -1.01. The van der Waals surface area contributed by atoms with E-state index in [2.05, 4.69) is 10.5 Å². The van der Waals surface area contributed by atoms with Crippen LogP contribution >= 0.6 is 11.8 Å². The Morgan fingerprint density at radius 2 is 1.93 bits per heavy atom. The second kappa shape index (κ2) is 9.31. The van der Waals surface area contributed by atoms with E-state index in [1.165, 1.54) is 19.1 Å². The molecule has 1 aromatic carbocycles. The van der Waals surface area contributed by atoms with Crippen molar-refractivity contribution in [3.63, 3.8) is 0 Å². The van der Waals surface area contributed by atoms with E-state index >= 15 is 0 Å². The lowest BCUT2D eigenvalue weighted by molar-refractivity contribution is -0.143. The Morgan fingerprint density at radius 1 is 1.26 bits per heavy atom. The predicted molar refractivity (Wildman–Crippen MR) is 98.1 cm³/mol. The highest BCUT2D eigenvalue weighted by molar-refractivity contribution is 8.01. The summed E-state index contributed by atoms with van der Waals surface area (Å²) in [6.07, 6.45) is -1.01. The molecular formula is C18H19FN2O5S. The fourth-order valence-corrected chi connectivity index (χ4v) is 2.72. The van der Waals surface area contributed by atoms with Gasteiger partial charge in [-0.2, -0.15) is 0 Å². The van der Waals surface area contributed by atoms with Gasteiger partial charge in [0.15, 0.2) is 11.9 Å². The van der Waals surface area contributed by atoms with E-state index in [-0.39, 0.29) is 17.2 Å². The van der Waals surface area contributed by atoms with E-state index in [4.69, 9.17) is 9.26 Å². The summed E-state index contributed by atoms with van der Waals surface area (Å²) in [7, 11) is 0. The van der Waals surface area contributed by atoms with Gasteiger partial charge in [-0.15, -0.1) is 11.8 Å². The zero-order chi connectivity index (χ0) is 20.0. The van der Waals surface area contributed by atoms with Crippen LogP contribution in [0.5, 0.6) is 0 Å². The molecule has 0 aliphatic carbocycles. The number of thioether (sulfide) groups is 1. The Morgan fingerprint density at radius 3 is 2.52 bits per heavy atom. The van der Waals surface area contributed by atoms with Crippen LogP contribution in [0, 0.1) is 12.7 Å². The molecule has 1 amide bonds.